The molecule has 20 heavy (non-hydrogen) atoms. The first-order valence-corrected chi connectivity index (χ1v) is 6.03. The SMILES string of the molecule is CC1(C)OB(c2cc(C(F)(F)F)cc(F)n2)OC1(C)C. The highest BCUT2D eigenvalue weighted by Gasteiger charge is 2.52. The van der Waals surface area contributed by atoms with Crippen molar-refractivity contribution < 1.29 is 26.9 Å². The zero-order valence-electron chi connectivity index (χ0n) is 11.5. The number of alkyl halides is 3. The van der Waals surface area contributed by atoms with Crippen LogP contribution in [0.4, 0.5) is 17.6 Å². The molecule has 2 rings (SSSR count). The van der Waals surface area contributed by atoms with Gasteiger partial charge in [-0.3, -0.25) is 0 Å². The van der Waals surface area contributed by atoms with Crippen molar-refractivity contribution in [1.29, 1.82) is 0 Å². The second kappa shape index (κ2) is 4.43. The summed E-state index contributed by atoms with van der Waals surface area (Å²) in [5, 5.41) is 0. The molecule has 110 valence electrons. The Morgan fingerprint density at radius 1 is 1.05 bits per heavy atom. The van der Waals surface area contributed by atoms with Crippen LogP contribution in [0.25, 0.3) is 0 Å². The van der Waals surface area contributed by atoms with Gasteiger partial charge in [0.1, 0.15) is 0 Å². The average molecular weight is 291 g/mol. The minimum absolute atomic E-state index is 0.226. The molecule has 0 N–H and O–H groups in total. The van der Waals surface area contributed by atoms with E-state index in [1.807, 2.05) is 0 Å². The summed E-state index contributed by atoms with van der Waals surface area (Å²) in [5.41, 5.74) is -2.81. The van der Waals surface area contributed by atoms with Gasteiger partial charge >= 0.3 is 13.3 Å². The maximum atomic E-state index is 13.3. The van der Waals surface area contributed by atoms with Crippen molar-refractivity contribution in [3.63, 3.8) is 0 Å². The molecule has 2 heterocycles. The maximum Gasteiger partial charge on any atom is 0.514 e. The highest BCUT2D eigenvalue weighted by atomic mass is 19.4. The lowest BCUT2D eigenvalue weighted by Crippen LogP contribution is -2.41. The van der Waals surface area contributed by atoms with Gasteiger partial charge in [-0.1, -0.05) is 0 Å². The molecule has 0 saturated carbocycles. The van der Waals surface area contributed by atoms with Crippen molar-refractivity contribution in [2.75, 3.05) is 0 Å². The second-order valence-electron chi connectivity index (χ2n) is 5.69. The first-order valence-electron chi connectivity index (χ1n) is 6.03. The van der Waals surface area contributed by atoms with Crippen LogP contribution in [0.5, 0.6) is 0 Å². The Labute approximate surface area is 114 Å². The standard InChI is InChI=1S/C12H14BF4NO2/c1-10(2)11(3,4)20-13(19-10)8-5-7(12(15,16)17)6-9(14)18-8/h5-6H,1-4H3. The van der Waals surface area contributed by atoms with Crippen molar-refractivity contribution >= 4 is 12.7 Å². The van der Waals surface area contributed by atoms with E-state index in [1.54, 1.807) is 27.7 Å². The third kappa shape index (κ3) is 2.67. The summed E-state index contributed by atoms with van der Waals surface area (Å²) >= 11 is 0. The Kier molecular flexibility index (Phi) is 3.37. The summed E-state index contributed by atoms with van der Waals surface area (Å²) < 4.78 is 62.4. The van der Waals surface area contributed by atoms with Gasteiger partial charge in [-0.2, -0.15) is 17.6 Å². The van der Waals surface area contributed by atoms with E-state index in [0.717, 1.165) is 6.07 Å². The van der Waals surface area contributed by atoms with E-state index in [-0.39, 0.29) is 5.59 Å². The third-order valence-corrected chi connectivity index (χ3v) is 3.64. The van der Waals surface area contributed by atoms with E-state index in [2.05, 4.69) is 4.98 Å². The van der Waals surface area contributed by atoms with E-state index in [4.69, 9.17) is 9.31 Å². The average Bonchev–Trinajstić information content (AvgIpc) is 2.46. The number of nitrogens with zero attached hydrogens (tertiary/aromatic N) is 1. The van der Waals surface area contributed by atoms with Crippen LogP contribution in [-0.4, -0.2) is 23.3 Å². The van der Waals surface area contributed by atoms with E-state index in [0.29, 0.717) is 6.07 Å². The lowest BCUT2D eigenvalue weighted by molar-refractivity contribution is -0.137. The summed E-state index contributed by atoms with van der Waals surface area (Å²) in [6.07, 6.45) is -4.65. The van der Waals surface area contributed by atoms with Gasteiger partial charge in [-0.15, -0.1) is 0 Å². The van der Waals surface area contributed by atoms with E-state index in [9.17, 15) is 17.6 Å². The number of hydrogen-bond acceptors (Lipinski definition) is 3. The Hall–Kier alpha value is -1.15. The summed E-state index contributed by atoms with van der Waals surface area (Å²) in [7, 11) is -1.13. The maximum absolute atomic E-state index is 13.3. The van der Waals surface area contributed by atoms with Gasteiger partial charge in [-0.05, 0) is 33.8 Å². The largest absolute Gasteiger partial charge is 0.514 e. The van der Waals surface area contributed by atoms with Crippen LogP contribution in [0, 0.1) is 5.95 Å². The molecule has 1 fully saturated rings. The van der Waals surface area contributed by atoms with Gasteiger partial charge in [0.25, 0.3) is 0 Å². The molecule has 1 aromatic rings. The fourth-order valence-corrected chi connectivity index (χ4v) is 1.77. The van der Waals surface area contributed by atoms with Crippen LogP contribution in [0.2, 0.25) is 0 Å². The molecule has 1 aliphatic rings. The molecule has 0 spiro atoms. The van der Waals surface area contributed by atoms with E-state index >= 15 is 0 Å². The number of aromatic nitrogens is 1. The highest BCUT2D eigenvalue weighted by Crippen LogP contribution is 2.36. The van der Waals surface area contributed by atoms with Crippen molar-refractivity contribution in [3.05, 3.63) is 23.6 Å². The van der Waals surface area contributed by atoms with Gasteiger partial charge in [0.05, 0.1) is 22.4 Å². The minimum Gasteiger partial charge on any atom is -0.398 e. The zero-order chi connectivity index (χ0) is 15.3. The van der Waals surface area contributed by atoms with Gasteiger partial charge in [0, 0.05) is 6.07 Å². The van der Waals surface area contributed by atoms with Gasteiger partial charge in [-0.25, -0.2) is 4.98 Å². The quantitative estimate of drug-likeness (QED) is 0.452. The van der Waals surface area contributed by atoms with Crippen molar-refractivity contribution in [2.45, 2.75) is 45.1 Å². The van der Waals surface area contributed by atoms with Crippen molar-refractivity contribution in [3.8, 4) is 0 Å². The molecule has 0 amide bonds. The normalized spacial score (nSPS) is 21.3. The van der Waals surface area contributed by atoms with E-state index in [1.165, 1.54) is 0 Å². The number of halogens is 4. The molecule has 0 bridgehead atoms. The molecular weight excluding hydrogens is 277 g/mol. The first-order chi connectivity index (χ1) is 8.92. The van der Waals surface area contributed by atoms with Crippen molar-refractivity contribution in [2.24, 2.45) is 0 Å². The van der Waals surface area contributed by atoms with Crippen molar-refractivity contribution in [1.82, 2.24) is 4.98 Å². The highest BCUT2D eigenvalue weighted by molar-refractivity contribution is 6.61. The lowest BCUT2D eigenvalue weighted by atomic mass is 9.83. The summed E-state index contributed by atoms with van der Waals surface area (Å²) in [6, 6.07) is 1.08. The van der Waals surface area contributed by atoms with Crippen LogP contribution in [0.15, 0.2) is 12.1 Å². The summed E-state index contributed by atoms with van der Waals surface area (Å²) in [4.78, 5) is 3.44. The Bertz CT molecular complexity index is 515. The molecule has 0 aromatic carbocycles. The van der Waals surface area contributed by atoms with Crippen LogP contribution < -0.4 is 5.59 Å². The number of pyridine rings is 1. The summed E-state index contributed by atoms with van der Waals surface area (Å²) in [5.74, 6) is -1.22. The van der Waals surface area contributed by atoms with Gasteiger partial charge in [0.15, 0.2) is 0 Å². The molecule has 0 aliphatic carbocycles. The molecule has 0 unspecified atom stereocenters. The molecule has 8 heteroatoms. The van der Waals surface area contributed by atoms with Gasteiger partial charge < -0.3 is 9.31 Å². The molecule has 1 saturated heterocycles. The van der Waals surface area contributed by atoms with Crippen LogP contribution in [0.3, 0.4) is 0 Å². The molecule has 0 radical (unpaired) electrons. The Balaban J connectivity index is 2.38. The lowest BCUT2D eigenvalue weighted by Gasteiger charge is -2.32. The zero-order valence-corrected chi connectivity index (χ0v) is 11.5. The fourth-order valence-electron chi connectivity index (χ4n) is 1.77. The molecular formula is C12H14BF4NO2. The second-order valence-corrected chi connectivity index (χ2v) is 5.69. The fraction of sp³-hybridized carbons (Fsp3) is 0.583. The smallest absolute Gasteiger partial charge is 0.398 e. The predicted molar refractivity (Wildman–Crippen MR) is 64.9 cm³/mol. The minimum atomic E-state index is -4.65. The Morgan fingerprint density at radius 2 is 1.55 bits per heavy atom. The van der Waals surface area contributed by atoms with Crippen LogP contribution >= 0.6 is 0 Å². The number of hydrogen-bond donors (Lipinski definition) is 0. The topological polar surface area (TPSA) is 31.4 Å². The van der Waals surface area contributed by atoms with Crippen LogP contribution in [0.1, 0.15) is 33.3 Å². The molecule has 1 aromatic heterocycles. The number of rotatable bonds is 1. The Morgan fingerprint density at radius 3 is 2.00 bits per heavy atom. The monoisotopic (exact) mass is 291 g/mol. The first kappa shape index (κ1) is 15.2. The van der Waals surface area contributed by atoms with E-state index < -0.39 is 36.0 Å². The predicted octanol–water partition coefficient (Wildman–Crippen LogP) is 2.54. The molecule has 3 nitrogen and oxygen atoms in total. The molecule has 1 aliphatic heterocycles. The summed E-state index contributed by atoms with van der Waals surface area (Å²) in [6.45, 7) is 6.99. The van der Waals surface area contributed by atoms with Gasteiger partial charge in [0.2, 0.25) is 5.95 Å². The van der Waals surface area contributed by atoms with Crippen LogP contribution in [-0.2, 0) is 15.5 Å². The third-order valence-electron chi connectivity index (χ3n) is 3.64. The molecule has 0 atom stereocenters.